The molecule has 0 rings (SSSR count). The molecule has 0 aromatic rings. The van der Waals surface area contributed by atoms with E-state index < -0.39 is 7.81 Å². The van der Waals surface area contributed by atoms with Crippen LogP contribution in [0.15, 0.2) is 18.2 Å². The Hall–Kier alpha value is 0.00948. The predicted octanol–water partition coefficient (Wildman–Crippen LogP) is 4.93. The van der Waals surface area contributed by atoms with E-state index in [1.165, 1.54) is 6.08 Å². The van der Waals surface area contributed by atoms with Crippen molar-refractivity contribution in [3.8, 4) is 0 Å². The molecule has 8 heteroatoms. The first-order chi connectivity index (χ1) is 4.86. The monoisotopic (exact) mass is 268 g/mol. The van der Waals surface area contributed by atoms with Crippen LogP contribution in [0.2, 0.25) is 0 Å². The van der Waals surface area contributed by atoms with E-state index in [9.17, 15) is 25.2 Å². The largest absolute Gasteiger partial charge is 2.00 e. The first kappa shape index (κ1) is 18.7. The molecule has 0 aromatic heterocycles. The smallest absolute Gasteiger partial charge is 0.293 e. The van der Waals surface area contributed by atoms with Crippen LogP contribution in [0.25, 0.3) is 0 Å². The summed E-state index contributed by atoms with van der Waals surface area (Å²) in [4.78, 5) is 0. The molecular formula is C5H7F6FeP. The molecule has 0 aromatic carbocycles. The van der Waals surface area contributed by atoms with Gasteiger partial charge >= 0.3 is 50.1 Å². The van der Waals surface area contributed by atoms with E-state index in [1.54, 1.807) is 6.08 Å². The minimum atomic E-state index is -10.7. The molecule has 0 aliphatic heterocycles. The van der Waals surface area contributed by atoms with Gasteiger partial charge in [-0.25, -0.2) is 12.2 Å². The van der Waals surface area contributed by atoms with Crippen LogP contribution in [-0.2, 0) is 17.1 Å². The quantitative estimate of drug-likeness (QED) is 0.208. The van der Waals surface area contributed by atoms with Crippen LogP contribution in [0.4, 0.5) is 25.2 Å². The van der Waals surface area contributed by atoms with Crippen molar-refractivity contribution >= 4 is 7.81 Å². The zero-order valence-electron chi connectivity index (χ0n) is 6.38. The molecule has 0 unspecified atom stereocenters. The Labute approximate surface area is 82.4 Å². The second kappa shape index (κ2) is 4.49. The van der Waals surface area contributed by atoms with Gasteiger partial charge in [0, 0.05) is 0 Å². The van der Waals surface area contributed by atoms with Gasteiger partial charge in [0.25, 0.3) is 0 Å². The van der Waals surface area contributed by atoms with E-state index in [0.29, 0.717) is 0 Å². The van der Waals surface area contributed by atoms with Crippen LogP contribution in [0.5, 0.6) is 0 Å². The molecule has 0 saturated heterocycles. The van der Waals surface area contributed by atoms with Crippen LogP contribution in [0, 0.1) is 6.58 Å². The number of hydrogen-bond donors (Lipinski definition) is 0. The van der Waals surface area contributed by atoms with Gasteiger partial charge in [0.2, 0.25) is 0 Å². The summed E-state index contributed by atoms with van der Waals surface area (Å²) in [6, 6.07) is 0. The Morgan fingerprint density at radius 3 is 1.23 bits per heavy atom. The van der Waals surface area contributed by atoms with Crippen LogP contribution in [-0.4, -0.2) is 0 Å². The fourth-order valence-corrected chi connectivity index (χ4v) is 0.111. The van der Waals surface area contributed by atoms with Crippen molar-refractivity contribution in [2.75, 3.05) is 0 Å². The molecule has 0 aliphatic rings. The summed E-state index contributed by atoms with van der Waals surface area (Å²) in [6.07, 6.45) is 5.15. The second-order valence-corrected chi connectivity index (χ2v) is 3.59. The summed E-state index contributed by atoms with van der Waals surface area (Å²) < 4.78 is 59.2. The molecule has 0 fully saturated rings. The van der Waals surface area contributed by atoms with Gasteiger partial charge in [0.1, 0.15) is 0 Å². The Bertz CT molecular complexity index is 164. The summed E-state index contributed by atoms with van der Waals surface area (Å²) in [6.45, 7) is 6.85. The third-order valence-corrected chi connectivity index (χ3v) is 0.304. The van der Waals surface area contributed by atoms with Gasteiger partial charge in [-0.1, -0.05) is 6.92 Å². The zero-order valence-corrected chi connectivity index (χ0v) is 8.38. The zero-order chi connectivity index (χ0) is 10.5. The van der Waals surface area contributed by atoms with Gasteiger partial charge in [0.15, 0.2) is 0 Å². The second-order valence-electron chi connectivity index (χ2n) is 1.68. The van der Waals surface area contributed by atoms with Crippen molar-refractivity contribution in [1.29, 1.82) is 0 Å². The average molecular weight is 268 g/mol. The van der Waals surface area contributed by atoms with E-state index in [4.69, 9.17) is 6.58 Å². The molecule has 13 heavy (non-hydrogen) atoms. The number of allylic oxidation sites excluding steroid dienone is 3. The molecule has 0 nitrogen and oxygen atoms in total. The number of hydrogen-bond acceptors (Lipinski definition) is 0. The summed E-state index contributed by atoms with van der Waals surface area (Å²) in [5.41, 5.74) is 0. The minimum Gasteiger partial charge on any atom is -0.293 e. The Kier molecular flexibility index (Phi) is 6.47. The van der Waals surface area contributed by atoms with Crippen molar-refractivity contribution in [2.24, 2.45) is 0 Å². The van der Waals surface area contributed by atoms with Gasteiger partial charge < -0.3 is 0 Å². The molecule has 0 atom stereocenters. The molecule has 0 saturated carbocycles. The van der Waals surface area contributed by atoms with Crippen LogP contribution in [0.1, 0.15) is 6.92 Å². The molecule has 0 aliphatic carbocycles. The first-order valence-corrected chi connectivity index (χ1v) is 4.62. The third kappa shape index (κ3) is 298. The SMILES string of the molecule is F[P-](F)(F)(F)(F)F.[CH-]=CC=CC.[Fe+2]. The van der Waals surface area contributed by atoms with Gasteiger partial charge in [0.05, 0.1) is 0 Å². The predicted molar refractivity (Wildman–Crippen MR) is 37.3 cm³/mol. The fraction of sp³-hybridized carbons (Fsp3) is 0.200. The third-order valence-electron chi connectivity index (χ3n) is 0.304. The standard InChI is InChI=1S/C5H7.F6P.Fe/c1-3-5-4-2;1-7(2,3,4,5)6;/h1,3-5H,2H3;;/q2*-1;+2. The molecule has 82 valence electrons. The van der Waals surface area contributed by atoms with Crippen molar-refractivity contribution in [2.45, 2.75) is 6.92 Å². The first-order valence-electron chi connectivity index (χ1n) is 2.59. The fourth-order valence-electron chi connectivity index (χ4n) is 0.111. The van der Waals surface area contributed by atoms with E-state index >= 15 is 0 Å². The number of rotatable bonds is 1. The molecule has 0 N–H and O–H groups in total. The summed E-state index contributed by atoms with van der Waals surface area (Å²) in [5, 5.41) is 0. The maximum atomic E-state index is 9.87. The topological polar surface area (TPSA) is 0 Å². The maximum Gasteiger partial charge on any atom is 2.00 e. The van der Waals surface area contributed by atoms with Crippen molar-refractivity contribution < 1.29 is 42.3 Å². The molecular weight excluding hydrogens is 261 g/mol. The van der Waals surface area contributed by atoms with E-state index in [2.05, 4.69) is 0 Å². The van der Waals surface area contributed by atoms with Gasteiger partial charge in [-0.15, -0.1) is 0 Å². The van der Waals surface area contributed by atoms with E-state index in [-0.39, 0.29) is 17.1 Å². The minimum absolute atomic E-state index is 0. The van der Waals surface area contributed by atoms with E-state index in [0.717, 1.165) is 0 Å². The van der Waals surface area contributed by atoms with Crippen molar-refractivity contribution in [3.05, 3.63) is 24.8 Å². The van der Waals surface area contributed by atoms with Crippen LogP contribution in [0.3, 0.4) is 0 Å². The molecule has 0 amide bonds. The molecule has 0 heterocycles. The number of halogens is 6. The van der Waals surface area contributed by atoms with Crippen LogP contribution >= 0.6 is 7.81 Å². The van der Waals surface area contributed by atoms with E-state index in [1.807, 2.05) is 13.0 Å². The van der Waals surface area contributed by atoms with Gasteiger partial charge in [-0.05, 0) is 0 Å². The summed E-state index contributed by atoms with van der Waals surface area (Å²) in [7, 11) is -10.7. The molecule has 0 bridgehead atoms. The van der Waals surface area contributed by atoms with Gasteiger partial charge in [-0.2, -0.15) is 6.08 Å². The molecule has 0 spiro atoms. The molecule has 0 radical (unpaired) electrons. The Morgan fingerprint density at radius 2 is 1.23 bits per heavy atom. The normalized spacial score (nSPS) is 15.9. The Balaban J connectivity index is -0.000000150. The Morgan fingerprint density at radius 1 is 1.00 bits per heavy atom. The average Bonchev–Trinajstić information content (AvgIpc) is 1.58. The van der Waals surface area contributed by atoms with Crippen molar-refractivity contribution in [3.63, 3.8) is 0 Å². The maximum absolute atomic E-state index is 10.7. The summed E-state index contributed by atoms with van der Waals surface area (Å²) >= 11 is 0. The summed E-state index contributed by atoms with van der Waals surface area (Å²) in [5.74, 6) is 0. The van der Waals surface area contributed by atoms with Gasteiger partial charge in [-0.3, -0.25) is 6.58 Å². The van der Waals surface area contributed by atoms with Crippen LogP contribution < -0.4 is 0 Å². The van der Waals surface area contributed by atoms with Crippen molar-refractivity contribution in [1.82, 2.24) is 0 Å².